The lowest BCUT2D eigenvalue weighted by Gasteiger charge is -2.01. The maximum atomic E-state index is 12.2. The number of carbonyl (C=O) groups is 1. The highest BCUT2D eigenvalue weighted by molar-refractivity contribution is 7.15. The van der Waals surface area contributed by atoms with Crippen molar-refractivity contribution >= 4 is 33.8 Å². The summed E-state index contributed by atoms with van der Waals surface area (Å²) in [6, 6.07) is 6.35. The highest BCUT2D eigenvalue weighted by atomic mass is 35.5. The molecule has 90 valence electrons. The number of thiazole rings is 1. The molecule has 0 aliphatic rings. The zero-order valence-corrected chi connectivity index (χ0v) is 10.5. The quantitative estimate of drug-likeness (QED) is 0.684. The molecule has 0 aliphatic carbocycles. The number of fused-ring (bicyclic) bond motifs is 1. The minimum absolute atomic E-state index is 0.384. The average molecular weight is 280 g/mol. The maximum absolute atomic E-state index is 12.2. The molecular weight excluding hydrogens is 274 g/mol. The molecule has 3 rings (SSSR count). The van der Waals surface area contributed by atoms with E-state index in [0.29, 0.717) is 15.5 Å². The lowest BCUT2D eigenvalue weighted by Crippen LogP contribution is -2.28. The summed E-state index contributed by atoms with van der Waals surface area (Å²) in [5.41, 5.74) is -0.198. The minimum Gasteiger partial charge on any atom is -0.267 e. The molecule has 0 saturated heterocycles. The molecule has 0 spiro atoms. The van der Waals surface area contributed by atoms with Crippen LogP contribution in [0.5, 0.6) is 0 Å². The third kappa shape index (κ3) is 1.66. The van der Waals surface area contributed by atoms with Gasteiger partial charge in [-0.1, -0.05) is 11.6 Å². The zero-order chi connectivity index (χ0) is 12.7. The summed E-state index contributed by atoms with van der Waals surface area (Å²) in [4.78, 5) is 28.2. The van der Waals surface area contributed by atoms with Crippen molar-refractivity contribution in [2.24, 2.45) is 0 Å². The third-order valence-corrected chi connectivity index (χ3v) is 3.44. The summed E-state index contributed by atoms with van der Waals surface area (Å²) in [5.74, 6) is -0.428. The van der Waals surface area contributed by atoms with Gasteiger partial charge in [-0.2, -0.15) is 9.67 Å². The predicted molar refractivity (Wildman–Crippen MR) is 68.5 cm³/mol. The van der Waals surface area contributed by atoms with Crippen molar-refractivity contribution in [1.29, 1.82) is 0 Å². The molecule has 2 heterocycles. The lowest BCUT2D eigenvalue weighted by molar-refractivity contribution is 0.0936. The first-order valence-corrected chi connectivity index (χ1v) is 6.28. The van der Waals surface area contributed by atoms with E-state index in [4.69, 9.17) is 11.6 Å². The van der Waals surface area contributed by atoms with E-state index in [-0.39, 0.29) is 0 Å². The third-order valence-electron chi connectivity index (χ3n) is 2.44. The Balaban J connectivity index is 2.17. The second kappa shape index (κ2) is 4.08. The fourth-order valence-electron chi connectivity index (χ4n) is 1.62. The van der Waals surface area contributed by atoms with Gasteiger partial charge in [0.1, 0.15) is 0 Å². The first-order valence-electron chi connectivity index (χ1n) is 5.02. The Morgan fingerprint density at radius 2 is 2.00 bits per heavy atom. The Hall–Kier alpha value is -1.92. The van der Waals surface area contributed by atoms with Crippen molar-refractivity contribution in [3.63, 3.8) is 0 Å². The average Bonchev–Trinajstić information content (AvgIpc) is 2.89. The topological polar surface area (TPSA) is 56.4 Å². The first-order chi connectivity index (χ1) is 8.66. The highest BCUT2D eigenvalue weighted by Gasteiger charge is 2.16. The molecule has 0 N–H and O–H groups in total. The second-order valence-corrected chi connectivity index (χ2v) is 4.86. The van der Waals surface area contributed by atoms with Crippen LogP contribution in [-0.2, 0) is 0 Å². The smallest absolute Gasteiger partial charge is 0.267 e. The molecule has 0 radical (unpaired) electrons. The number of hydrogen-bond acceptors (Lipinski definition) is 4. The predicted octanol–water partition coefficient (Wildman–Crippen LogP) is 1.90. The Morgan fingerprint density at radius 3 is 2.72 bits per heavy atom. The van der Waals surface area contributed by atoms with Gasteiger partial charge in [0.15, 0.2) is 0 Å². The van der Waals surface area contributed by atoms with E-state index < -0.39 is 11.6 Å². The molecule has 1 aromatic carbocycles. The van der Waals surface area contributed by atoms with E-state index in [1.807, 2.05) is 0 Å². The van der Waals surface area contributed by atoms with Crippen LogP contribution in [-0.4, -0.2) is 20.1 Å². The number of aromatic nitrogens is 3. The van der Waals surface area contributed by atoms with Crippen LogP contribution >= 0.6 is 22.9 Å². The normalized spacial score (nSPS) is 10.9. The summed E-state index contributed by atoms with van der Waals surface area (Å²) in [6.45, 7) is 0. The summed E-state index contributed by atoms with van der Waals surface area (Å²) in [6.07, 6.45) is 1.63. The van der Waals surface area contributed by atoms with Gasteiger partial charge >= 0.3 is 5.69 Å². The van der Waals surface area contributed by atoms with E-state index in [0.717, 1.165) is 4.68 Å². The SMILES string of the molecule is O=C(c1ccc(Cl)cc1)n1c(=O)nc2sccn21. The fourth-order valence-corrected chi connectivity index (χ4v) is 2.42. The van der Waals surface area contributed by atoms with Gasteiger partial charge in [-0.25, -0.2) is 9.31 Å². The van der Waals surface area contributed by atoms with E-state index in [1.165, 1.54) is 15.9 Å². The molecule has 0 aliphatic heterocycles. The lowest BCUT2D eigenvalue weighted by atomic mass is 10.2. The van der Waals surface area contributed by atoms with Crippen molar-refractivity contribution in [3.05, 3.63) is 56.9 Å². The van der Waals surface area contributed by atoms with Gasteiger partial charge < -0.3 is 0 Å². The van der Waals surface area contributed by atoms with Gasteiger partial charge in [-0.15, -0.1) is 11.3 Å². The molecule has 0 saturated carbocycles. The van der Waals surface area contributed by atoms with E-state index in [2.05, 4.69) is 4.98 Å². The summed E-state index contributed by atoms with van der Waals surface area (Å²) in [5, 5.41) is 2.29. The monoisotopic (exact) mass is 279 g/mol. The van der Waals surface area contributed by atoms with Crippen LogP contribution in [0, 0.1) is 0 Å². The number of rotatable bonds is 1. The number of hydrogen-bond donors (Lipinski definition) is 0. The van der Waals surface area contributed by atoms with Crippen molar-refractivity contribution < 1.29 is 4.79 Å². The molecule has 2 aromatic heterocycles. The van der Waals surface area contributed by atoms with Crippen molar-refractivity contribution in [2.45, 2.75) is 0 Å². The van der Waals surface area contributed by atoms with Crippen LogP contribution in [0.1, 0.15) is 10.4 Å². The van der Waals surface area contributed by atoms with Gasteiger partial charge in [-0.3, -0.25) is 4.79 Å². The number of carbonyl (C=O) groups excluding carboxylic acids is 1. The molecule has 0 bridgehead atoms. The molecule has 0 fully saturated rings. The number of halogens is 1. The Bertz CT molecular complexity index is 785. The van der Waals surface area contributed by atoms with Gasteiger partial charge in [0.05, 0.1) is 0 Å². The van der Waals surface area contributed by atoms with E-state index in [9.17, 15) is 9.59 Å². The van der Waals surface area contributed by atoms with Gasteiger partial charge in [0.2, 0.25) is 4.96 Å². The number of benzene rings is 1. The molecule has 3 aromatic rings. The highest BCUT2D eigenvalue weighted by Crippen LogP contribution is 2.12. The number of nitrogens with zero attached hydrogens (tertiary/aromatic N) is 3. The minimum atomic E-state index is -0.582. The van der Waals surface area contributed by atoms with Gasteiger partial charge in [-0.05, 0) is 24.3 Å². The van der Waals surface area contributed by atoms with E-state index >= 15 is 0 Å². The fraction of sp³-hybridized carbons (Fsp3) is 0. The Kier molecular flexibility index (Phi) is 2.53. The largest absolute Gasteiger partial charge is 0.373 e. The molecule has 0 amide bonds. The van der Waals surface area contributed by atoms with Gasteiger partial charge in [0.25, 0.3) is 5.91 Å². The molecule has 0 unspecified atom stereocenters. The van der Waals surface area contributed by atoms with Crippen LogP contribution in [0.2, 0.25) is 5.02 Å². The van der Waals surface area contributed by atoms with Crippen LogP contribution in [0.25, 0.3) is 4.96 Å². The van der Waals surface area contributed by atoms with Crippen LogP contribution in [0.15, 0.2) is 40.6 Å². The van der Waals surface area contributed by atoms with Crippen LogP contribution < -0.4 is 5.69 Å². The standard InChI is InChI=1S/C11H6ClN3O2S/c12-8-3-1-7(2-4-8)9(16)15-10(17)13-11-14(15)5-6-18-11/h1-6H. The summed E-state index contributed by atoms with van der Waals surface area (Å²) < 4.78 is 2.43. The van der Waals surface area contributed by atoms with Crippen molar-refractivity contribution in [2.75, 3.05) is 0 Å². The molecule has 5 nitrogen and oxygen atoms in total. The van der Waals surface area contributed by atoms with Gasteiger partial charge in [0, 0.05) is 22.2 Å². The molecular formula is C11H6ClN3O2S. The van der Waals surface area contributed by atoms with E-state index in [1.54, 1.807) is 35.8 Å². The summed E-state index contributed by atoms with van der Waals surface area (Å²) >= 11 is 7.05. The first kappa shape index (κ1) is 11.2. The maximum Gasteiger partial charge on any atom is 0.373 e. The van der Waals surface area contributed by atoms with Crippen LogP contribution in [0.4, 0.5) is 0 Å². The molecule has 18 heavy (non-hydrogen) atoms. The zero-order valence-electron chi connectivity index (χ0n) is 8.91. The van der Waals surface area contributed by atoms with Crippen molar-refractivity contribution in [3.8, 4) is 0 Å². The molecule has 0 atom stereocenters. The summed E-state index contributed by atoms with van der Waals surface area (Å²) in [7, 11) is 0. The second-order valence-electron chi connectivity index (χ2n) is 3.55. The van der Waals surface area contributed by atoms with Crippen molar-refractivity contribution in [1.82, 2.24) is 14.2 Å². The molecule has 7 heteroatoms. The van der Waals surface area contributed by atoms with Crippen LogP contribution in [0.3, 0.4) is 0 Å². The Morgan fingerprint density at radius 1 is 1.28 bits per heavy atom. The Labute approximate surface area is 110 Å².